The number of carbonyl (C=O) groups excluding carboxylic acids is 1. The van der Waals surface area contributed by atoms with Crippen LogP contribution in [0.2, 0.25) is 0 Å². The highest BCUT2D eigenvalue weighted by Gasteiger charge is 2.19. The molecule has 17 heavy (non-hydrogen) atoms. The number of nitrogens with one attached hydrogen (secondary N) is 1. The van der Waals surface area contributed by atoms with E-state index in [1.807, 2.05) is 32.0 Å². The molecule has 1 aromatic carbocycles. The van der Waals surface area contributed by atoms with Gasteiger partial charge in [-0.25, -0.2) is 0 Å². The van der Waals surface area contributed by atoms with Crippen molar-refractivity contribution in [2.24, 2.45) is 5.73 Å². The van der Waals surface area contributed by atoms with Gasteiger partial charge in [0.2, 0.25) is 5.91 Å². The summed E-state index contributed by atoms with van der Waals surface area (Å²) >= 11 is 0. The maximum atomic E-state index is 11.5. The van der Waals surface area contributed by atoms with Crippen LogP contribution in [0.4, 0.5) is 0 Å². The van der Waals surface area contributed by atoms with E-state index in [0.717, 1.165) is 12.8 Å². The zero-order valence-electron chi connectivity index (χ0n) is 10.7. The molecule has 0 saturated heterocycles. The van der Waals surface area contributed by atoms with Gasteiger partial charge in [0, 0.05) is 18.5 Å². The Bertz CT molecular complexity index is 346. The number of rotatable bonds is 6. The lowest BCUT2D eigenvalue weighted by molar-refractivity contribution is -0.122. The molecule has 94 valence electrons. The van der Waals surface area contributed by atoms with E-state index in [4.69, 9.17) is 5.73 Å². The number of benzene rings is 1. The number of amides is 1. The quantitative estimate of drug-likeness (QED) is 0.789. The molecule has 0 aliphatic heterocycles. The van der Waals surface area contributed by atoms with E-state index in [-0.39, 0.29) is 11.4 Å². The van der Waals surface area contributed by atoms with Gasteiger partial charge in [-0.3, -0.25) is 4.79 Å². The minimum atomic E-state index is -0.178. The summed E-state index contributed by atoms with van der Waals surface area (Å²) in [6.07, 6.45) is 2.29. The molecule has 0 fully saturated rings. The highest BCUT2D eigenvalue weighted by molar-refractivity contribution is 5.76. The van der Waals surface area contributed by atoms with E-state index in [9.17, 15) is 4.79 Å². The Hall–Kier alpha value is -1.35. The van der Waals surface area contributed by atoms with Crippen LogP contribution in [0.3, 0.4) is 0 Å². The molecule has 0 spiro atoms. The number of hydrogen-bond donors (Lipinski definition) is 2. The normalized spacial score (nSPS) is 11.2. The maximum absolute atomic E-state index is 11.5. The third kappa shape index (κ3) is 5.50. The largest absolute Gasteiger partial charge is 0.351 e. The molecule has 1 rings (SSSR count). The van der Waals surface area contributed by atoms with Crippen molar-refractivity contribution in [3.8, 4) is 0 Å². The van der Waals surface area contributed by atoms with Gasteiger partial charge >= 0.3 is 0 Å². The second kappa shape index (κ2) is 6.40. The summed E-state index contributed by atoms with van der Waals surface area (Å²) < 4.78 is 0. The zero-order chi connectivity index (χ0) is 12.7. The van der Waals surface area contributed by atoms with Crippen LogP contribution in [0, 0.1) is 0 Å². The van der Waals surface area contributed by atoms with Crippen molar-refractivity contribution in [3.05, 3.63) is 35.9 Å². The zero-order valence-corrected chi connectivity index (χ0v) is 10.7. The molecule has 0 saturated carbocycles. The van der Waals surface area contributed by atoms with Gasteiger partial charge in [0.15, 0.2) is 0 Å². The number of nitrogens with two attached hydrogens (primary N) is 1. The summed E-state index contributed by atoms with van der Waals surface area (Å²) in [6, 6.07) is 10.3. The second-order valence-corrected chi connectivity index (χ2v) is 4.96. The summed E-state index contributed by atoms with van der Waals surface area (Å²) in [5.74, 6) is 0.0329. The predicted molar refractivity (Wildman–Crippen MR) is 70.7 cm³/mol. The summed E-state index contributed by atoms with van der Waals surface area (Å²) in [5.41, 5.74) is 6.47. The Balaban J connectivity index is 2.41. The molecule has 0 bridgehead atoms. The highest BCUT2D eigenvalue weighted by Crippen LogP contribution is 2.13. The molecular formula is C14H22N2O. The van der Waals surface area contributed by atoms with Gasteiger partial charge in [-0.15, -0.1) is 0 Å². The first kappa shape index (κ1) is 13.7. The number of hydrogen-bond acceptors (Lipinski definition) is 2. The van der Waals surface area contributed by atoms with Crippen molar-refractivity contribution in [1.82, 2.24) is 5.32 Å². The highest BCUT2D eigenvalue weighted by atomic mass is 16.1. The lowest BCUT2D eigenvalue weighted by atomic mass is 9.95. The molecule has 0 radical (unpaired) electrons. The Kier molecular flexibility index (Phi) is 5.16. The average molecular weight is 234 g/mol. The van der Waals surface area contributed by atoms with Crippen LogP contribution in [0.25, 0.3) is 0 Å². The van der Waals surface area contributed by atoms with Crippen molar-refractivity contribution in [2.75, 3.05) is 6.54 Å². The molecule has 0 aliphatic rings. The van der Waals surface area contributed by atoms with Crippen LogP contribution in [-0.2, 0) is 11.2 Å². The molecule has 0 atom stereocenters. The molecule has 0 heterocycles. The first-order valence-corrected chi connectivity index (χ1v) is 6.08. The Morgan fingerprint density at radius 2 is 1.94 bits per heavy atom. The molecule has 0 unspecified atom stereocenters. The molecule has 1 aromatic rings. The van der Waals surface area contributed by atoms with Gasteiger partial charge in [0.05, 0.1) is 0 Å². The van der Waals surface area contributed by atoms with Crippen LogP contribution < -0.4 is 11.1 Å². The van der Waals surface area contributed by atoms with Crippen molar-refractivity contribution in [2.45, 2.75) is 38.6 Å². The van der Waals surface area contributed by atoms with Crippen LogP contribution in [0.5, 0.6) is 0 Å². The van der Waals surface area contributed by atoms with Crippen LogP contribution in [-0.4, -0.2) is 18.0 Å². The standard InChI is InChI=1S/C14H22N2O/c1-14(2,16-13(17)9-11-15)10-8-12-6-4-3-5-7-12/h3-7H,8-11,15H2,1-2H3,(H,16,17). The van der Waals surface area contributed by atoms with E-state index in [2.05, 4.69) is 17.4 Å². The van der Waals surface area contributed by atoms with E-state index >= 15 is 0 Å². The minimum absolute atomic E-state index is 0.0329. The summed E-state index contributed by atoms with van der Waals surface area (Å²) in [6.45, 7) is 4.50. The van der Waals surface area contributed by atoms with Gasteiger partial charge in [0.1, 0.15) is 0 Å². The van der Waals surface area contributed by atoms with Gasteiger partial charge in [0.25, 0.3) is 0 Å². The SMILES string of the molecule is CC(C)(CCc1ccccc1)NC(=O)CCN. The van der Waals surface area contributed by atoms with Gasteiger partial charge < -0.3 is 11.1 Å². The topological polar surface area (TPSA) is 55.1 Å². The minimum Gasteiger partial charge on any atom is -0.351 e. The van der Waals surface area contributed by atoms with Crippen molar-refractivity contribution >= 4 is 5.91 Å². The summed E-state index contributed by atoms with van der Waals surface area (Å²) in [4.78, 5) is 11.5. The Labute approximate surface area is 103 Å². The van der Waals surface area contributed by atoms with Crippen molar-refractivity contribution in [3.63, 3.8) is 0 Å². The Morgan fingerprint density at radius 3 is 2.53 bits per heavy atom. The van der Waals surface area contributed by atoms with E-state index in [1.54, 1.807) is 0 Å². The lowest BCUT2D eigenvalue weighted by Gasteiger charge is -2.26. The summed E-state index contributed by atoms with van der Waals surface area (Å²) in [7, 11) is 0. The van der Waals surface area contributed by atoms with E-state index in [1.165, 1.54) is 5.56 Å². The maximum Gasteiger partial charge on any atom is 0.221 e. The van der Waals surface area contributed by atoms with Gasteiger partial charge in [-0.1, -0.05) is 30.3 Å². The fourth-order valence-electron chi connectivity index (χ4n) is 1.74. The fourth-order valence-corrected chi connectivity index (χ4v) is 1.74. The van der Waals surface area contributed by atoms with E-state index in [0.29, 0.717) is 13.0 Å². The first-order chi connectivity index (χ1) is 8.03. The molecule has 3 heteroatoms. The Morgan fingerprint density at radius 1 is 1.29 bits per heavy atom. The number of carbonyl (C=O) groups is 1. The number of aryl methyl sites for hydroxylation is 1. The lowest BCUT2D eigenvalue weighted by Crippen LogP contribution is -2.44. The fraction of sp³-hybridized carbons (Fsp3) is 0.500. The molecule has 3 nitrogen and oxygen atoms in total. The summed E-state index contributed by atoms with van der Waals surface area (Å²) in [5, 5.41) is 3.01. The molecule has 3 N–H and O–H groups in total. The van der Waals surface area contributed by atoms with Crippen LogP contribution in [0.1, 0.15) is 32.3 Å². The molecule has 1 amide bonds. The molecule has 0 aliphatic carbocycles. The second-order valence-electron chi connectivity index (χ2n) is 4.96. The predicted octanol–water partition coefficient (Wildman–Crippen LogP) is 1.86. The average Bonchev–Trinajstić information content (AvgIpc) is 2.27. The van der Waals surface area contributed by atoms with Crippen molar-refractivity contribution in [1.29, 1.82) is 0 Å². The van der Waals surface area contributed by atoms with Crippen LogP contribution in [0.15, 0.2) is 30.3 Å². The van der Waals surface area contributed by atoms with Gasteiger partial charge in [-0.2, -0.15) is 0 Å². The third-order valence-corrected chi connectivity index (χ3v) is 2.73. The first-order valence-electron chi connectivity index (χ1n) is 6.08. The van der Waals surface area contributed by atoms with Crippen LogP contribution >= 0.6 is 0 Å². The van der Waals surface area contributed by atoms with E-state index < -0.39 is 0 Å². The molecular weight excluding hydrogens is 212 g/mol. The molecule has 0 aromatic heterocycles. The van der Waals surface area contributed by atoms with Crippen molar-refractivity contribution < 1.29 is 4.79 Å². The third-order valence-electron chi connectivity index (χ3n) is 2.73. The monoisotopic (exact) mass is 234 g/mol. The smallest absolute Gasteiger partial charge is 0.221 e. The van der Waals surface area contributed by atoms with Gasteiger partial charge in [-0.05, 0) is 32.3 Å².